The Morgan fingerprint density at radius 2 is 1.75 bits per heavy atom. The Morgan fingerprint density at radius 3 is 2.42 bits per heavy atom. The molecule has 40 heavy (non-hydrogen) atoms. The second-order valence-electron chi connectivity index (χ2n) is 9.70. The molecular weight excluding hydrogens is 532 g/mol. The smallest absolute Gasteiger partial charge is 0.337 e. The molecule has 0 amide bonds. The second kappa shape index (κ2) is 13.1. The number of aliphatic hydroxyl groups excluding tert-OH is 3. The first-order valence-electron chi connectivity index (χ1n) is 12.7. The monoisotopic (exact) mass is 566 g/mol. The molecule has 0 radical (unpaired) electrons. The van der Waals surface area contributed by atoms with Gasteiger partial charge < -0.3 is 53.6 Å². The fraction of sp³-hybridized carbons (Fsp3) is 0.556. The molecule has 0 unspecified atom stereocenters. The van der Waals surface area contributed by atoms with Crippen LogP contribution in [0.5, 0.6) is 5.75 Å². The summed E-state index contributed by atoms with van der Waals surface area (Å²) >= 11 is 0. The molecule has 4 rings (SSSR count). The van der Waals surface area contributed by atoms with E-state index in [9.17, 15) is 30.0 Å². The lowest BCUT2D eigenvalue weighted by Gasteiger charge is -2.47. The summed E-state index contributed by atoms with van der Waals surface area (Å²) in [6.07, 6.45) is -5.70. The molecule has 3 heterocycles. The number of hydrogen-bond acceptors (Lipinski definition) is 13. The van der Waals surface area contributed by atoms with Gasteiger partial charge in [0.05, 0.1) is 31.0 Å². The van der Waals surface area contributed by atoms with Gasteiger partial charge in [-0.2, -0.15) is 0 Å². The number of phenolic OH excluding ortho intramolecular Hbond substituents is 1. The minimum absolute atomic E-state index is 0.0828. The maximum atomic E-state index is 12.4. The number of aliphatic hydroxyl groups is 3. The van der Waals surface area contributed by atoms with Crippen molar-refractivity contribution in [3.8, 4) is 5.75 Å². The van der Waals surface area contributed by atoms with Gasteiger partial charge in [-0.15, -0.1) is 0 Å². The number of benzene rings is 1. The number of fused-ring (bicyclic) bond motifs is 1. The number of ether oxygens (including phenoxy) is 7. The molecule has 2 saturated heterocycles. The number of rotatable bonds is 8. The summed E-state index contributed by atoms with van der Waals surface area (Å²) < 4.78 is 38.6. The van der Waals surface area contributed by atoms with E-state index in [0.29, 0.717) is 12.0 Å². The van der Waals surface area contributed by atoms with Gasteiger partial charge in [0.1, 0.15) is 36.8 Å². The quantitative estimate of drug-likeness (QED) is 0.248. The van der Waals surface area contributed by atoms with E-state index in [1.54, 1.807) is 19.1 Å². The summed E-state index contributed by atoms with van der Waals surface area (Å²) in [5, 5.41) is 40.8. The summed E-state index contributed by atoms with van der Waals surface area (Å²) in [6.45, 7) is 1.30. The van der Waals surface area contributed by atoms with Crippen LogP contribution in [0.25, 0.3) is 6.08 Å². The molecule has 2 fully saturated rings. The SMILES string of the molecule is COC(=O)C1=CO[C@@H](O[C@@H]2O[C@H](COC(=O)/C=C/c3ccc(O)cc3)[C@@H](O)[C@H](O)[C@H]2O)[C@@H]2[C@H](C)O[C@@H](OC)C[C@H]12. The van der Waals surface area contributed by atoms with Crippen molar-refractivity contribution < 1.29 is 63.2 Å². The first-order chi connectivity index (χ1) is 19.1. The molecule has 0 aliphatic carbocycles. The fourth-order valence-corrected chi connectivity index (χ4v) is 4.99. The number of esters is 2. The van der Waals surface area contributed by atoms with E-state index < -0.39 is 79.8 Å². The van der Waals surface area contributed by atoms with Gasteiger partial charge >= 0.3 is 11.9 Å². The normalized spacial score (nSPS) is 35.8. The maximum absolute atomic E-state index is 12.4. The number of hydrogen-bond donors (Lipinski definition) is 4. The summed E-state index contributed by atoms with van der Waals surface area (Å²) in [7, 11) is 2.74. The summed E-state index contributed by atoms with van der Waals surface area (Å²) in [5.41, 5.74) is 0.916. The summed E-state index contributed by atoms with van der Waals surface area (Å²) in [4.78, 5) is 24.6. The van der Waals surface area contributed by atoms with Crippen LogP contribution in [0.1, 0.15) is 18.9 Å². The average molecular weight is 567 g/mol. The molecule has 0 bridgehead atoms. The Bertz CT molecular complexity index is 1090. The van der Waals surface area contributed by atoms with E-state index in [1.807, 2.05) is 0 Å². The first kappa shape index (κ1) is 29.9. The number of carbonyl (C=O) groups excluding carboxylic acids is 2. The topological polar surface area (TPSA) is 180 Å². The Hall–Kier alpha value is -3.04. The van der Waals surface area contributed by atoms with Gasteiger partial charge in [0.15, 0.2) is 12.6 Å². The van der Waals surface area contributed by atoms with Crippen molar-refractivity contribution in [2.45, 2.75) is 62.7 Å². The van der Waals surface area contributed by atoms with Crippen LogP contribution in [0, 0.1) is 11.8 Å². The number of aromatic hydroxyl groups is 1. The fourth-order valence-electron chi connectivity index (χ4n) is 4.99. The van der Waals surface area contributed by atoms with Crippen LogP contribution in [-0.2, 0) is 42.7 Å². The Balaban J connectivity index is 1.42. The minimum atomic E-state index is -1.69. The third-order valence-electron chi connectivity index (χ3n) is 7.18. The van der Waals surface area contributed by atoms with Gasteiger partial charge in [0.25, 0.3) is 0 Å². The average Bonchev–Trinajstić information content (AvgIpc) is 2.95. The third-order valence-corrected chi connectivity index (χ3v) is 7.18. The van der Waals surface area contributed by atoms with Crippen LogP contribution in [-0.4, -0.2) is 103 Å². The van der Waals surface area contributed by atoms with Gasteiger partial charge in [0, 0.05) is 25.5 Å². The maximum Gasteiger partial charge on any atom is 0.337 e. The molecule has 1 aromatic rings. The Kier molecular flexibility index (Phi) is 9.79. The number of methoxy groups -OCH3 is 2. The highest BCUT2D eigenvalue weighted by atomic mass is 16.8. The van der Waals surface area contributed by atoms with Crippen LogP contribution in [0.3, 0.4) is 0 Å². The van der Waals surface area contributed by atoms with Crippen molar-refractivity contribution >= 4 is 18.0 Å². The highest BCUT2D eigenvalue weighted by molar-refractivity contribution is 5.89. The largest absolute Gasteiger partial charge is 0.508 e. The molecule has 0 saturated carbocycles. The number of carbonyl (C=O) groups is 2. The van der Waals surface area contributed by atoms with E-state index in [2.05, 4.69) is 0 Å². The molecular formula is C27H34O13. The van der Waals surface area contributed by atoms with E-state index in [1.165, 1.54) is 38.7 Å². The standard InChI is InChI=1S/C27H34O13/c1-13-21-16(10-20(34-2)38-13)17(25(33)35-3)11-37-26(21)40-27-24(32)23(31)22(30)18(39-27)12-36-19(29)9-6-14-4-7-15(28)8-5-14/h4-9,11,13,16,18,20-24,26-28,30-32H,10,12H2,1-3H3/b9-6+/t13-,16+,18+,20+,21+,22+,23-,24+,26-,27-/m0/s1. The molecule has 13 nitrogen and oxygen atoms in total. The molecule has 0 aromatic heterocycles. The second-order valence-corrected chi connectivity index (χ2v) is 9.70. The highest BCUT2D eigenvalue weighted by Crippen LogP contribution is 2.43. The van der Waals surface area contributed by atoms with E-state index in [-0.39, 0.29) is 11.3 Å². The van der Waals surface area contributed by atoms with E-state index in [0.717, 1.165) is 6.08 Å². The van der Waals surface area contributed by atoms with Gasteiger partial charge in [-0.1, -0.05) is 12.1 Å². The van der Waals surface area contributed by atoms with Crippen LogP contribution in [0.2, 0.25) is 0 Å². The van der Waals surface area contributed by atoms with Crippen molar-refractivity contribution in [2.75, 3.05) is 20.8 Å². The lowest BCUT2D eigenvalue weighted by atomic mass is 9.77. The van der Waals surface area contributed by atoms with Crippen molar-refractivity contribution in [1.29, 1.82) is 0 Å². The first-order valence-corrected chi connectivity index (χ1v) is 12.7. The van der Waals surface area contributed by atoms with Crippen LogP contribution >= 0.6 is 0 Å². The molecule has 3 aliphatic heterocycles. The number of phenols is 1. The van der Waals surface area contributed by atoms with Gasteiger partial charge in [-0.05, 0) is 30.7 Å². The lowest BCUT2D eigenvalue weighted by molar-refractivity contribution is -0.353. The molecule has 10 atom stereocenters. The molecule has 3 aliphatic rings. The van der Waals surface area contributed by atoms with Crippen molar-refractivity contribution in [1.82, 2.24) is 0 Å². The Morgan fingerprint density at radius 1 is 1.02 bits per heavy atom. The molecule has 0 spiro atoms. The third kappa shape index (κ3) is 6.63. The van der Waals surface area contributed by atoms with Crippen molar-refractivity contribution in [2.24, 2.45) is 11.8 Å². The minimum Gasteiger partial charge on any atom is -0.508 e. The van der Waals surface area contributed by atoms with Crippen LogP contribution in [0.4, 0.5) is 0 Å². The van der Waals surface area contributed by atoms with Crippen LogP contribution in [0.15, 0.2) is 42.2 Å². The zero-order chi connectivity index (χ0) is 29.0. The van der Waals surface area contributed by atoms with E-state index >= 15 is 0 Å². The van der Waals surface area contributed by atoms with Crippen molar-refractivity contribution in [3.05, 3.63) is 47.7 Å². The molecule has 1 aromatic carbocycles. The zero-order valence-electron chi connectivity index (χ0n) is 22.2. The molecule has 220 valence electrons. The van der Waals surface area contributed by atoms with Gasteiger partial charge in [0.2, 0.25) is 6.29 Å². The summed E-state index contributed by atoms with van der Waals surface area (Å²) in [5.74, 6) is -2.23. The predicted molar refractivity (Wildman–Crippen MR) is 134 cm³/mol. The van der Waals surface area contributed by atoms with Crippen molar-refractivity contribution in [3.63, 3.8) is 0 Å². The predicted octanol–water partition coefficient (Wildman–Crippen LogP) is 0.200. The lowest BCUT2D eigenvalue weighted by Crippen LogP contribution is -2.61. The van der Waals surface area contributed by atoms with Gasteiger partial charge in [-0.3, -0.25) is 0 Å². The molecule has 4 N–H and O–H groups in total. The van der Waals surface area contributed by atoms with Gasteiger partial charge in [-0.25, -0.2) is 9.59 Å². The highest BCUT2D eigenvalue weighted by Gasteiger charge is 2.52. The molecule has 13 heteroatoms. The Labute approximate surface area is 230 Å². The zero-order valence-corrected chi connectivity index (χ0v) is 22.2. The summed E-state index contributed by atoms with van der Waals surface area (Å²) in [6, 6.07) is 6.12. The van der Waals surface area contributed by atoms with E-state index in [4.69, 9.17) is 33.2 Å². The van der Waals surface area contributed by atoms with Crippen LogP contribution < -0.4 is 0 Å².